The van der Waals surface area contributed by atoms with Crippen molar-refractivity contribution >= 4 is 5.97 Å². The molecule has 3 N–H and O–H groups in total. The van der Waals surface area contributed by atoms with Crippen molar-refractivity contribution < 1.29 is 19.7 Å². The van der Waals surface area contributed by atoms with Gasteiger partial charge in [-0.15, -0.1) is 0 Å². The van der Waals surface area contributed by atoms with E-state index in [1.807, 2.05) is 30.3 Å². The second-order valence-corrected chi connectivity index (χ2v) is 6.91. The first-order valence-electron chi connectivity index (χ1n) is 9.38. The molecule has 0 heterocycles. The number of aliphatic hydroxyl groups is 1. The number of carbonyl (C=O) groups is 1. The van der Waals surface area contributed by atoms with Crippen LogP contribution in [0.3, 0.4) is 0 Å². The Hall–Kier alpha value is -2.37. The number of rotatable bonds is 12. The summed E-state index contributed by atoms with van der Waals surface area (Å²) in [6, 6.07) is 18.4. The number of nitrogens with one attached hydrogen (secondary N) is 1. The van der Waals surface area contributed by atoms with Gasteiger partial charge < -0.3 is 20.3 Å². The molecule has 1 unspecified atom stereocenters. The SMILES string of the molecule is CC(CO)(NCCCc1ccc(OCCCc2ccccc2)cc1)C(=O)O. The van der Waals surface area contributed by atoms with E-state index in [2.05, 4.69) is 29.6 Å². The Kier molecular flexibility index (Phi) is 8.30. The van der Waals surface area contributed by atoms with Gasteiger partial charge in [0, 0.05) is 0 Å². The van der Waals surface area contributed by atoms with Gasteiger partial charge in [0.05, 0.1) is 13.2 Å². The summed E-state index contributed by atoms with van der Waals surface area (Å²) in [7, 11) is 0. The van der Waals surface area contributed by atoms with Gasteiger partial charge in [-0.1, -0.05) is 42.5 Å². The largest absolute Gasteiger partial charge is 0.494 e. The van der Waals surface area contributed by atoms with Gasteiger partial charge in [0.25, 0.3) is 0 Å². The topological polar surface area (TPSA) is 78.8 Å². The molecule has 0 radical (unpaired) electrons. The van der Waals surface area contributed by atoms with Crippen molar-refractivity contribution in [1.29, 1.82) is 0 Å². The van der Waals surface area contributed by atoms with Gasteiger partial charge in [-0.2, -0.15) is 0 Å². The van der Waals surface area contributed by atoms with Crippen LogP contribution in [0.25, 0.3) is 0 Å². The predicted octanol–water partition coefficient (Wildman–Crippen LogP) is 3.06. The van der Waals surface area contributed by atoms with Gasteiger partial charge in [0.15, 0.2) is 0 Å². The van der Waals surface area contributed by atoms with Crippen LogP contribution in [-0.4, -0.2) is 41.5 Å². The van der Waals surface area contributed by atoms with Crippen molar-refractivity contribution in [3.8, 4) is 5.75 Å². The molecule has 2 aromatic rings. The van der Waals surface area contributed by atoms with Gasteiger partial charge in [0.1, 0.15) is 11.3 Å². The van der Waals surface area contributed by atoms with Crippen LogP contribution in [-0.2, 0) is 17.6 Å². The number of hydrogen-bond donors (Lipinski definition) is 3. The fourth-order valence-electron chi connectivity index (χ4n) is 2.72. The van der Waals surface area contributed by atoms with Crippen LogP contribution in [0, 0.1) is 0 Å². The maximum Gasteiger partial charge on any atom is 0.326 e. The second-order valence-electron chi connectivity index (χ2n) is 6.91. The van der Waals surface area contributed by atoms with Gasteiger partial charge in [-0.25, -0.2) is 0 Å². The summed E-state index contributed by atoms with van der Waals surface area (Å²) in [5.41, 5.74) is 1.22. The number of ether oxygens (including phenoxy) is 1. The Bertz CT molecular complexity index is 687. The molecule has 27 heavy (non-hydrogen) atoms. The monoisotopic (exact) mass is 371 g/mol. The molecule has 0 spiro atoms. The Morgan fingerprint density at radius 3 is 2.26 bits per heavy atom. The molecule has 0 saturated heterocycles. The lowest BCUT2D eigenvalue weighted by Crippen LogP contribution is -2.52. The average molecular weight is 371 g/mol. The van der Waals surface area contributed by atoms with Crippen LogP contribution in [0.2, 0.25) is 0 Å². The highest BCUT2D eigenvalue weighted by atomic mass is 16.5. The van der Waals surface area contributed by atoms with E-state index in [4.69, 9.17) is 9.84 Å². The van der Waals surface area contributed by atoms with Crippen molar-refractivity contribution in [1.82, 2.24) is 5.32 Å². The van der Waals surface area contributed by atoms with Gasteiger partial charge in [-0.3, -0.25) is 4.79 Å². The third-order valence-corrected chi connectivity index (χ3v) is 4.59. The van der Waals surface area contributed by atoms with Crippen molar-refractivity contribution in [2.45, 2.75) is 38.1 Å². The Labute approximate surface area is 161 Å². The highest BCUT2D eigenvalue weighted by molar-refractivity contribution is 5.78. The summed E-state index contributed by atoms with van der Waals surface area (Å²) >= 11 is 0. The molecule has 0 fully saturated rings. The van der Waals surface area contributed by atoms with Crippen LogP contribution in [0.5, 0.6) is 5.75 Å². The smallest absolute Gasteiger partial charge is 0.326 e. The maximum absolute atomic E-state index is 11.1. The molecule has 5 nitrogen and oxygen atoms in total. The summed E-state index contributed by atoms with van der Waals surface area (Å²) < 4.78 is 5.79. The number of aliphatic carboxylic acids is 1. The second kappa shape index (κ2) is 10.7. The minimum atomic E-state index is -1.28. The Balaban J connectivity index is 1.65. The molecule has 0 aliphatic rings. The first-order chi connectivity index (χ1) is 13.0. The number of carboxylic acid groups (broad SMARTS) is 1. The molecular formula is C22H29NO4. The van der Waals surface area contributed by atoms with Gasteiger partial charge in [-0.05, 0) is 62.4 Å². The van der Waals surface area contributed by atoms with Crippen LogP contribution < -0.4 is 10.1 Å². The Morgan fingerprint density at radius 1 is 1.00 bits per heavy atom. The molecule has 5 heteroatoms. The number of benzene rings is 2. The molecule has 2 aromatic carbocycles. The van der Waals surface area contributed by atoms with Crippen molar-refractivity contribution in [3.05, 3.63) is 65.7 Å². The molecule has 0 aliphatic carbocycles. The van der Waals surface area contributed by atoms with E-state index < -0.39 is 18.1 Å². The molecule has 0 bridgehead atoms. The minimum Gasteiger partial charge on any atom is -0.494 e. The van der Waals surface area contributed by atoms with E-state index in [9.17, 15) is 9.90 Å². The lowest BCUT2D eigenvalue weighted by Gasteiger charge is -2.23. The zero-order valence-corrected chi connectivity index (χ0v) is 15.9. The quantitative estimate of drug-likeness (QED) is 0.500. The zero-order chi connectivity index (χ0) is 19.5. The third kappa shape index (κ3) is 7.04. The predicted molar refractivity (Wildman–Crippen MR) is 106 cm³/mol. The first kappa shape index (κ1) is 20.9. The van der Waals surface area contributed by atoms with E-state index in [-0.39, 0.29) is 0 Å². The summed E-state index contributed by atoms with van der Waals surface area (Å²) in [4.78, 5) is 11.1. The fourth-order valence-corrected chi connectivity index (χ4v) is 2.72. The number of carboxylic acids is 1. The number of hydrogen-bond acceptors (Lipinski definition) is 4. The van der Waals surface area contributed by atoms with E-state index in [1.54, 1.807) is 0 Å². The van der Waals surface area contributed by atoms with Gasteiger partial charge in [0.2, 0.25) is 0 Å². The average Bonchev–Trinajstić information content (AvgIpc) is 2.70. The summed E-state index contributed by atoms with van der Waals surface area (Å²) in [5, 5.41) is 21.2. The lowest BCUT2D eigenvalue weighted by molar-refractivity contribution is -0.145. The molecule has 2 rings (SSSR count). The fraction of sp³-hybridized carbons (Fsp3) is 0.409. The van der Waals surface area contributed by atoms with Crippen LogP contribution >= 0.6 is 0 Å². The summed E-state index contributed by atoms with van der Waals surface area (Å²) in [6.45, 7) is 2.27. The van der Waals surface area contributed by atoms with Crippen molar-refractivity contribution in [2.75, 3.05) is 19.8 Å². The lowest BCUT2D eigenvalue weighted by atomic mass is 10.0. The zero-order valence-electron chi connectivity index (χ0n) is 15.9. The Morgan fingerprint density at radius 2 is 1.63 bits per heavy atom. The van der Waals surface area contributed by atoms with E-state index in [0.29, 0.717) is 13.2 Å². The third-order valence-electron chi connectivity index (χ3n) is 4.59. The molecule has 0 aliphatic heterocycles. The van der Waals surface area contributed by atoms with Crippen LogP contribution in [0.15, 0.2) is 54.6 Å². The highest BCUT2D eigenvalue weighted by Crippen LogP contribution is 2.14. The summed E-state index contributed by atoms with van der Waals surface area (Å²) in [5.74, 6) is -0.178. The summed E-state index contributed by atoms with van der Waals surface area (Å²) in [6.07, 6.45) is 3.61. The molecule has 0 saturated carbocycles. The molecular weight excluding hydrogens is 342 g/mol. The molecule has 0 aromatic heterocycles. The normalized spacial score (nSPS) is 13.1. The van der Waals surface area contributed by atoms with E-state index >= 15 is 0 Å². The van der Waals surface area contributed by atoms with Crippen molar-refractivity contribution in [2.24, 2.45) is 0 Å². The molecule has 0 amide bonds. The van der Waals surface area contributed by atoms with Crippen LogP contribution in [0.1, 0.15) is 30.9 Å². The molecule has 1 atom stereocenters. The number of aryl methyl sites for hydroxylation is 2. The minimum absolute atomic E-state index is 0.432. The molecule has 146 valence electrons. The van der Waals surface area contributed by atoms with Gasteiger partial charge >= 0.3 is 5.97 Å². The van der Waals surface area contributed by atoms with Crippen LogP contribution in [0.4, 0.5) is 0 Å². The first-order valence-corrected chi connectivity index (χ1v) is 9.38. The standard InChI is InChI=1S/C22H29NO4/c1-22(17-24,21(25)26)23-15-5-9-19-11-13-20(14-12-19)27-16-6-10-18-7-3-2-4-8-18/h2-4,7-8,11-14,23-24H,5-6,9-10,15-17H2,1H3,(H,25,26). The van der Waals surface area contributed by atoms with Crippen molar-refractivity contribution in [3.63, 3.8) is 0 Å². The van der Waals surface area contributed by atoms with E-state index in [0.717, 1.165) is 31.4 Å². The highest BCUT2D eigenvalue weighted by Gasteiger charge is 2.31. The maximum atomic E-state index is 11.1. The number of aliphatic hydroxyl groups excluding tert-OH is 1. The van der Waals surface area contributed by atoms with E-state index in [1.165, 1.54) is 18.1 Å².